The first-order valence-corrected chi connectivity index (χ1v) is 11.7. The lowest BCUT2D eigenvalue weighted by Gasteiger charge is -2.36. The number of hydrogen-bond acceptors (Lipinski definition) is 5. The second-order valence-corrected chi connectivity index (χ2v) is 9.41. The molecule has 2 aromatic carbocycles. The second-order valence-electron chi connectivity index (χ2n) is 7.26. The van der Waals surface area contributed by atoms with Crippen molar-refractivity contribution in [1.82, 2.24) is 10.0 Å². The van der Waals surface area contributed by atoms with Gasteiger partial charge in [-0.25, -0.2) is 17.5 Å². The highest BCUT2D eigenvalue weighted by Gasteiger charge is 2.33. The van der Waals surface area contributed by atoms with Crippen LogP contribution in [0.1, 0.15) is 29.6 Å². The van der Waals surface area contributed by atoms with Crippen molar-refractivity contribution in [2.75, 3.05) is 13.2 Å². The molecule has 2 aromatic rings. The minimum Gasteiger partial charge on any atom is -0.394 e. The van der Waals surface area contributed by atoms with Crippen molar-refractivity contribution in [3.05, 3.63) is 64.9 Å². The number of nitrogens with one attached hydrogen (secondary N) is 2. The zero-order valence-electron chi connectivity index (χ0n) is 16.6. The average molecular weight is 471 g/mol. The fourth-order valence-electron chi connectivity index (χ4n) is 3.45. The predicted molar refractivity (Wildman–Crippen MR) is 114 cm³/mol. The Hall–Kier alpha value is -2.04. The van der Waals surface area contributed by atoms with Crippen LogP contribution in [0.15, 0.2) is 53.4 Å². The maximum Gasteiger partial charge on any atom is 0.254 e. The molecule has 0 aromatic heterocycles. The Labute approximate surface area is 185 Å². The first kappa shape index (κ1) is 23.6. The maximum atomic E-state index is 13.7. The van der Waals surface area contributed by atoms with Crippen molar-refractivity contribution in [3.8, 4) is 0 Å². The topological polar surface area (TPSA) is 105 Å². The van der Waals surface area contributed by atoms with Gasteiger partial charge in [-0.15, -0.1) is 0 Å². The van der Waals surface area contributed by atoms with Gasteiger partial charge in [-0.05, 0) is 55.7 Å². The third-order valence-corrected chi connectivity index (χ3v) is 6.85. The fraction of sp³-hybridized carbons (Fsp3) is 0.381. The molecule has 1 heterocycles. The summed E-state index contributed by atoms with van der Waals surface area (Å²) in [6.45, 7) is -0.0942. The summed E-state index contributed by atoms with van der Waals surface area (Å²) in [6.07, 6.45) is 0.467. The number of carbonyl (C=O) groups is 1. The second kappa shape index (κ2) is 10.5. The first-order chi connectivity index (χ1) is 14.8. The molecular weight excluding hydrogens is 447 g/mol. The lowest BCUT2D eigenvalue weighted by Crippen LogP contribution is -2.51. The van der Waals surface area contributed by atoms with Gasteiger partial charge in [0.05, 0.1) is 35.3 Å². The number of ether oxygens (including phenoxy) is 1. The van der Waals surface area contributed by atoms with Crippen molar-refractivity contribution < 1.29 is 27.4 Å². The van der Waals surface area contributed by atoms with Crippen LogP contribution in [-0.2, 0) is 14.8 Å². The van der Waals surface area contributed by atoms with Crippen LogP contribution in [0.4, 0.5) is 4.39 Å². The number of benzene rings is 2. The highest BCUT2D eigenvalue weighted by atomic mass is 35.5. The van der Waals surface area contributed by atoms with E-state index >= 15 is 0 Å². The average Bonchev–Trinajstić information content (AvgIpc) is 2.75. The highest BCUT2D eigenvalue weighted by molar-refractivity contribution is 7.89. The molecule has 1 aliphatic heterocycles. The van der Waals surface area contributed by atoms with Gasteiger partial charge in [0.15, 0.2) is 0 Å². The fourth-order valence-corrected chi connectivity index (χ4v) is 4.87. The Morgan fingerprint density at radius 3 is 2.55 bits per heavy atom. The number of carbonyl (C=O) groups excluding carboxylic acids is 1. The molecule has 1 amide bonds. The van der Waals surface area contributed by atoms with E-state index in [2.05, 4.69) is 10.0 Å². The number of aliphatic hydroxyl groups is 1. The summed E-state index contributed by atoms with van der Waals surface area (Å²) in [5.74, 6) is -1.11. The molecule has 1 fully saturated rings. The highest BCUT2D eigenvalue weighted by Crippen LogP contribution is 2.24. The molecule has 1 aliphatic rings. The van der Waals surface area contributed by atoms with E-state index in [1.807, 2.05) is 0 Å². The third-order valence-electron chi connectivity index (χ3n) is 5.10. The lowest BCUT2D eigenvalue weighted by atomic mass is 9.98. The number of sulfonamides is 1. The normalized spacial score (nSPS) is 21.6. The van der Waals surface area contributed by atoms with Crippen LogP contribution >= 0.6 is 11.6 Å². The van der Waals surface area contributed by atoms with E-state index in [0.29, 0.717) is 24.3 Å². The van der Waals surface area contributed by atoms with Crippen LogP contribution in [0.5, 0.6) is 0 Å². The van der Waals surface area contributed by atoms with Gasteiger partial charge in [-0.3, -0.25) is 4.79 Å². The van der Waals surface area contributed by atoms with Crippen molar-refractivity contribution in [1.29, 1.82) is 0 Å². The first-order valence-electron chi connectivity index (χ1n) is 9.87. The molecule has 3 rings (SSSR count). The number of halogens is 2. The molecule has 0 aliphatic carbocycles. The minimum absolute atomic E-state index is 0.0306. The van der Waals surface area contributed by atoms with Gasteiger partial charge in [0.2, 0.25) is 10.0 Å². The summed E-state index contributed by atoms with van der Waals surface area (Å²) in [5, 5.41) is 12.8. The van der Waals surface area contributed by atoms with Crippen LogP contribution in [0.25, 0.3) is 0 Å². The summed E-state index contributed by atoms with van der Waals surface area (Å²) >= 11 is 5.81. The third kappa shape index (κ3) is 6.24. The smallest absolute Gasteiger partial charge is 0.254 e. The monoisotopic (exact) mass is 470 g/mol. The zero-order chi connectivity index (χ0) is 22.4. The van der Waals surface area contributed by atoms with E-state index in [4.69, 9.17) is 16.3 Å². The van der Waals surface area contributed by atoms with Crippen molar-refractivity contribution >= 4 is 27.5 Å². The number of hydrogen-bond donors (Lipinski definition) is 3. The predicted octanol–water partition coefficient (Wildman–Crippen LogP) is 2.49. The SMILES string of the molecule is O=C(NCC[C@H]1CC[C@H](NS(=O)(=O)c2ccc(Cl)cc2)[C@@H](CO)O1)c1ccccc1F. The van der Waals surface area contributed by atoms with Gasteiger partial charge in [-0.1, -0.05) is 23.7 Å². The van der Waals surface area contributed by atoms with E-state index in [0.717, 1.165) is 0 Å². The van der Waals surface area contributed by atoms with Crippen molar-refractivity contribution in [2.24, 2.45) is 0 Å². The molecule has 168 valence electrons. The summed E-state index contributed by atoms with van der Waals surface area (Å²) in [6, 6.07) is 10.9. The number of amides is 1. The Morgan fingerprint density at radius 2 is 1.87 bits per heavy atom. The molecule has 7 nitrogen and oxygen atoms in total. The summed E-state index contributed by atoms with van der Waals surface area (Å²) in [5.41, 5.74) is -0.0306. The molecular formula is C21H24ClFN2O5S. The van der Waals surface area contributed by atoms with Gasteiger partial charge < -0.3 is 15.2 Å². The van der Waals surface area contributed by atoms with E-state index < -0.39 is 33.9 Å². The van der Waals surface area contributed by atoms with Crippen LogP contribution in [-0.4, -0.2) is 50.8 Å². The van der Waals surface area contributed by atoms with E-state index in [9.17, 15) is 22.7 Å². The van der Waals surface area contributed by atoms with Crippen molar-refractivity contribution in [2.45, 2.75) is 42.4 Å². The maximum absolute atomic E-state index is 13.7. The molecule has 3 atom stereocenters. The van der Waals surface area contributed by atoms with Gasteiger partial charge in [-0.2, -0.15) is 0 Å². The molecule has 0 spiro atoms. The Bertz CT molecular complexity index is 1000. The molecule has 0 radical (unpaired) electrons. The molecule has 0 unspecified atom stereocenters. The van der Waals surface area contributed by atoms with Crippen LogP contribution in [0.2, 0.25) is 5.02 Å². The summed E-state index contributed by atoms with van der Waals surface area (Å²) in [7, 11) is -3.79. The Balaban J connectivity index is 1.51. The molecule has 1 saturated heterocycles. The molecule has 3 N–H and O–H groups in total. The van der Waals surface area contributed by atoms with Crippen molar-refractivity contribution in [3.63, 3.8) is 0 Å². The van der Waals surface area contributed by atoms with Gasteiger partial charge in [0.1, 0.15) is 5.82 Å². The molecule has 31 heavy (non-hydrogen) atoms. The summed E-state index contributed by atoms with van der Waals surface area (Å²) < 4.78 is 47.3. The Kier molecular flexibility index (Phi) is 8.01. The largest absolute Gasteiger partial charge is 0.394 e. The molecule has 0 saturated carbocycles. The number of rotatable bonds is 8. The van der Waals surface area contributed by atoms with E-state index in [-0.39, 0.29) is 29.7 Å². The quantitative estimate of drug-likeness (QED) is 0.549. The number of aliphatic hydroxyl groups excluding tert-OH is 1. The van der Waals surface area contributed by atoms with E-state index in [1.165, 1.54) is 42.5 Å². The van der Waals surface area contributed by atoms with Crippen LogP contribution < -0.4 is 10.0 Å². The zero-order valence-corrected chi connectivity index (χ0v) is 18.2. The van der Waals surface area contributed by atoms with Gasteiger partial charge >= 0.3 is 0 Å². The van der Waals surface area contributed by atoms with E-state index in [1.54, 1.807) is 6.07 Å². The molecule has 0 bridgehead atoms. The minimum atomic E-state index is -3.79. The standard InChI is InChI=1S/C21H24ClFN2O5S/c22-14-5-8-16(9-6-14)31(28,29)25-19-10-7-15(30-20(19)13-26)11-12-24-21(27)17-3-1-2-4-18(17)23/h1-6,8-9,15,19-20,25-26H,7,10-13H2,(H,24,27)/t15-,19+,20-/m1/s1. The van der Waals surface area contributed by atoms with Crippen LogP contribution in [0, 0.1) is 5.82 Å². The van der Waals surface area contributed by atoms with Gasteiger partial charge in [0, 0.05) is 11.6 Å². The lowest BCUT2D eigenvalue weighted by molar-refractivity contribution is -0.0871. The summed E-state index contributed by atoms with van der Waals surface area (Å²) in [4.78, 5) is 12.2. The molecule has 10 heteroatoms. The van der Waals surface area contributed by atoms with Gasteiger partial charge in [0.25, 0.3) is 5.91 Å². The van der Waals surface area contributed by atoms with Crippen LogP contribution in [0.3, 0.4) is 0 Å². The Morgan fingerprint density at radius 1 is 1.16 bits per heavy atom.